The Balaban J connectivity index is 2.10. The first-order valence-electron chi connectivity index (χ1n) is 4.95. The highest BCUT2D eigenvalue weighted by atomic mass is 16.4. The fraction of sp³-hybridized carbons (Fsp3) is 0.900. The van der Waals surface area contributed by atoms with Crippen LogP contribution in [0.4, 0.5) is 0 Å². The molecule has 12 heavy (non-hydrogen) atoms. The second-order valence-electron chi connectivity index (χ2n) is 3.90. The molecule has 2 nitrogen and oxygen atoms in total. The second kappa shape index (κ2) is 3.92. The maximum absolute atomic E-state index is 10.7. The molecule has 0 atom stereocenters. The van der Waals surface area contributed by atoms with Crippen LogP contribution in [0.2, 0.25) is 0 Å². The lowest BCUT2D eigenvalue weighted by atomic mass is 9.98. The SMILES string of the molecule is CCCCCCC1(C(=O)O)CC1. The number of aliphatic carboxylic acids is 1. The Kier molecular flexibility index (Phi) is 3.12. The van der Waals surface area contributed by atoms with Crippen LogP contribution in [0.25, 0.3) is 0 Å². The van der Waals surface area contributed by atoms with E-state index in [1.54, 1.807) is 0 Å². The molecule has 0 aliphatic heterocycles. The predicted molar refractivity (Wildman–Crippen MR) is 48.1 cm³/mol. The largest absolute Gasteiger partial charge is 0.481 e. The van der Waals surface area contributed by atoms with Gasteiger partial charge in [-0.1, -0.05) is 32.6 Å². The fourth-order valence-corrected chi connectivity index (χ4v) is 1.61. The van der Waals surface area contributed by atoms with Gasteiger partial charge in [0.05, 0.1) is 5.41 Å². The van der Waals surface area contributed by atoms with Crippen molar-refractivity contribution in [2.24, 2.45) is 5.41 Å². The minimum absolute atomic E-state index is 0.284. The van der Waals surface area contributed by atoms with Gasteiger partial charge >= 0.3 is 5.97 Å². The zero-order valence-electron chi connectivity index (χ0n) is 7.81. The summed E-state index contributed by atoms with van der Waals surface area (Å²) in [4.78, 5) is 10.7. The number of carboxylic acids is 1. The Bertz CT molecular complexity index is 159. The van der Waals surface area contributed by atoms with Crippen molar-refractivity contribution in [3.05, 3.63) is 0 Å². The van der Waals surface area contributed by atoms with E-state index >= 15 is 0 Å². The first-order valence-corrected chi connectivity index (χ1v) is 4.95. The van der Waals surface area contributed by atoms with E-state index in [0.717, 1.165) is 25.7 Å². The molecular formula is C10H18O2. The molecule has 0 radical (unpaired) electrons. The van der Waals surface area contributed by atoms with E-state index in [0.29, 0.717) is 0 Å². The number of carbonyl (C=O) groups is 1. The number of hydrogen-bond acceptors (Lipinski definition) is 1. The Hall–Kier alpha value is -0.530. The van der Waals surface area contributed by atoms with Gasteiger partial charge in [0, 0.05) is 0 Å². The van der Waals surface area contributed by atoms with E-state index in [1.807, 2.05) is 0 Å². The van der Waals surface area contributed by atoms with Gasteiger partial charge in [0.1, 0.15) is 0 Å². The van der Waals surface area contributed by atoms with Gasteiger partial charge in [0.2, 0.25) is 0 Å². The quantitative estimate of drug-likeness (QED) is 0.622. The molecule has 0 amide bonds. The second-order valence-corrected chi connectivity index (χ2v) is 3.90. The first kappa shape index (κ1) is 9.56. The van der Waals surface area contributed by atoms with Crippen molar-refractivity contribution in [1.82, 2.24) is 0 Å². The van der Waals surface area contributed by atoms with E-state index in [2.05, 4.69) is 6.92 Å². The molecular weight excluding hydrogens is 152 g/mol. The number of hydrogen-bond donors (Lipinski definition) is 1. The average Bonchev–Trinajstić information content (AvgIpc) is 2.79. The van der Waals surface area contributed by atoms with Crippen molar-refractivity contribution in [3.63, 3.8) is 0 Å². The van der Waals surface area contributed by atoms with Gasteiger partial charge in [0.25, 0.3) is 0 Å². The predicted octanol–water partition coefficient (Wildman–Crippen LogP) is 2.82. The summed E-state index contributed by atoms with van der Waals surface area (Å²) in [6, 6.07) is 0. The van der Waals surface area contributed by atoms with Crippen LogP contribution in [0.3, 0.4) is 0 Å². The van der Waals surface area contributed by atoms with Crippen molar-refractivity contribution in [1.29, 1.82) is 0 Å². The molecule has 2 heteroatoms. The van der Waals surface area contributed by atoms with Crippen LogP contribution >= 0.6 is 0 Å². The Labute approximate surface area is 74.0 Å². The van der Waals surface area contributed by atoms with Crippen molar-refractivity contribution in [3.8, 4) is 0 Å². The molecule has 1 saturated carbocycles. The van der Waals surface area contributed by atoms with Crippen LogP contribution in [-0.2, 0) is 4.79 Å². The third-order valence-corrected chi connectivity index (χ3v) is 2.82. The molecule has 0 aromatic heterocycles. The highest BCUT2D eigenvalue weighted by Gasteiger charge is 2.49. The normalized spacial score (nSPS) is 19.1. The van der Waals surface area contributed by atoms with Crippen LogP contribution in [0.5, 0.6) is 0 Å². The third-order valence-electron chi connectivity index (χ3n) is 2.82. The topological polar surface area (TPSA) is 37.3 Å². The summed E-state index contributed by atoms with van der Waals surface area (Å²) in [6.45, 7) is 2.17. The molecule has 1 fully saturated rings. The molecule has 0 unspecified atom stereocenters. The minimum atomic E-state index is -0.570. The molecule has 1 N–H and O–H groups in total. The van der Waals surface area contributed by atoms with Gasteiger partial charge in [0.15, 0.2) is 0 Å². The van der Waals surface area contributed by atoms with E-state index in [9.17, 15) is 4.79 Å². The van der Waals surface area contributed by atoms with E-state index in [4.69, 9.17) is 5.11 Å². The molecule has 0 bridgehead atoms. The lowest BCUT2D eigenvalue weighted by Crippen LogP contribution is -2.14. The summed E-state index contributed by atoms with van der Waals surface area (Å²) < 4.78 is 0. The van der Waals surface area contributed by atoms with Crippen molar-refractivity contribution < 1.29 is 9.90 Å². The van der Waals surface area contributed by atoms with Crippen molar-refractivity contribution >= 4 is 5.97 Å². The molecule has 0 saturated heterocycles. The highest BCUT2D eigenvalue weighted by Crippen LogP contribution is 2.50. The smallest absolute Gasteiger partial charge is 0.309 e. The Morgan fingerprint density at radius 3 is 2.42 bits per heavy atom. The zero-order valence-corrected chi connectivity index (χ0v) is 7.81. The maximum Gasteiger partial charge on any atom is 0.309 e. The van der Waals surface area contributed by atoms with Crippen LogP contribution in [0, 0.1) is 5.41 Å². The maximum atomic E-state index is 10.7. The lowest BCUT2D eigenvalue weighted by Gasteiger charge is -2.07. The average molecular weight is 170 g/mol. The first-order chi connectivity index (χ1) is 5.71. The summed E-state index contributed by atoms with van der Waals surface area (Å²) in [5.41, 5.74) is -0.284. The van der Waals surface area contributed by atoms with Gasteiger partial charge in [-0.05, 0) is 19.3 Å². The van der Waals surface area contributed by atoms with Gasteiger partial charge < -0.3 is 5.11 Å². The third kappa shape index (κ3) is 2.23. The number of carboxylic acid groups (broad SMARTS) is 1. The Morgan fingerprint density at radius 1 is 1.33 bits per heavy atom. The molecule has 1 rings (SSSR count). The molecule has 0 aromatic rings. The van der Waals surface area contributed by atoms with Gasteiger partial charge in [-0.2, -0.15) is 0 Å². The molecule has 0 heterocycles. The van der Waals surface area contributed by atoms with Gasteiger partial charge in [-0.3, -0.25) is 4.79 Å². The number of rotatable bonds is 6. The van der Waals surface area contributed by atoms with Crippen LogP contribution in [0.1, 0.15) is 51.9 Å². The van der Waals surface area contributed by atoms with Crippen LogP contribution in [0.15, 0.2) is 0 Å². The summed E-state index contributed by atoms with van der Waals surface area (Å²) in [7, 11) is 0. The van der Waals surface area contributed by atoms with E-state index in [-0.39, 0.29) is 5.41 Å². The molecule has 1 aliphatic rings. The highest BCUT2D eigenvalue weighted by molar-refractivity contribution is 5.77. The molecule has 0 aromatic carbocycles. The molecule has 70 valence electrons. The van der Waals surface area contributed by atoms with E-state index < -0.39 is 5.97 Å². The minimum Gasteiger partial charge on any atom is -0.481 e. The number of unbranched alkanes of at least 4 members (excludes halogenated alkanes) is 3. The molecule has 0 spiro atoms. The fourth-order valence-electron chi connectivity index (χ4n) is 1.61. The van der Waals surface area contributed by atoms with Gasteiger partial charge in [-0.25, -0.2) is 0 Å². The van der Waals surface area contributed by atoms with Gasteiger partial charge in [-0.15, -0.1) is 0 Å². The van der Waals surface area contributed by atoms with Crippen molar-refractivity contribution in [2.45, 2.75) is 51.9 Å². The van der Waals surface area contributed by atoms with Crippen LogP contribution in [-0.4, -0.2) is 11.1 Å². The summed E-state index contributed by atoms with van der Waals surface area (Å²) in [5.74, 6) is -0.570. The molecule has 1 aliphatic carbocycles. The monoisotopic (exact) mass is 170 g/mol. The van der Waals surface area contributed by atoms with Crippen LogP contribution < -0.4 is 0 Å². The van der Waals surface area contributed by atoms with Crippen molar-refractivity contribution in [2.75, 3.05) is 0 Å². The standard InChI is InChI=1S/C10H18O2/c1-2-3-4-5-6-10(7-8-10)9(11)12/h2-8H2,1H3,(H,11,12). The lowest BCUT2D eigenvalue weighted by molar-refractivity contribution is -0.143. The summed E-state index contributed by atoms with van der Waals surface area (Å²) in [6.07, 6.45) is 7.49. The summed E-state index contributed by atoms with van der Waals surface area (Å²) in [5, 5.41) is 8.86. The Morgan fingerprint density at radius 2 is 2.00 bits per heavy atom. The van der Waals surface area contributed by atoms with E-state index in [1.165, 1.54) is 19.3 Å². The zero-order chi connectivity index (χ0) is 9.03. The summed E-state index contributed by atoms with van der Waals surface area (Å²) >= 11 is 0.